The molecule has 128 valence electrons. The molecule has 0 aliphatic carbocycles. The summed E-state index contributed by atoms with van der Waals surface area (Å²) in [5, 5.41) is 15.9. The summed E-state index contributed by atoms with van der Waals surface area (Å²) < 4.78 is 1.52. The lowest BCUT2D eigenvalue weighted by Crippen LogP contribution is -2.23. The van der Waals surface area contributed by atoms with Gasteiger partial charge in [-0.1, -0.05) is 47.2 Å². The number of nitrogens with zero attached hydrogens (tertiary/aromatic N) is 4. The minimum absolute atomic E-state index is 0.0643. The topological polar surface area (TPSA) is 90.4 Å². The van der Waals surface area contributed by atoms with E-state index in [9.17, 15) is 14.9 Å². The largest absolute Gasteiger partial charge is 0.291 e. The zero-order valence-corrected chi connectivity index (χ0v) is 14.6. The normalized spacial score (nSPS) is 12.0. The third-order valence-electron chi connectivity index (χ3n) is 3.68. The van der Waals surface area contributed by atoms with Gasteiger partial charge in [-0.15, -0.1) is 5.10 Å². The Morgan fingerprint density at radius 2 is 2.00 bits per heavy atom. The van der Waals surface area contributed by atoms with E-state index in [4.69, 9.17) is 11.6 Å². The second kappa shape index (κ2) is 6.32. The van der Waals surface area contributed by atoms with E-state index in [1.54, 1.807) is 42.5 Å². The standard InChI is InChI=1S/C17H9ClN4O3S/c18-12-6-3-5-11(8-12)15-19-17-21(20-15)16(23)14(26-17)9-10-4-1-2-7-13(10)22(24)25/h1-9H/b14-9+. The van der Waals surface area contributed by atoms with E-state index in [1.165, 1.54) is 16.7 Å². The highest BCUT2D eigenvalue weighted by Gasteiger charge is 2.14. The van der Waals surface area contributed by atoms with Gasteiger partial charge in [0.2, 0.25) is 4.96 Å². The van der Waals surface area contributed by atoms with E-state index in [2.05, 4.69) is 10.1 Å². The Morgan fingerprint density at radius 3 is 2.73 bits per heavy atom. The average molecular weight is 385 g/mol. The fraction of sp³-hybridized carbons (Fsp3) is 0. The van der Waals surface area contributed by atoms with Gasteiger partial charge in [-0.05, 0) is 24.3 Å². The summed E-state index contributed by atoms with van der Waals surface area (Å²) in [6.45, 7) is 0. The highest BCUT2D eigenvalue weighted by Crippen LogP contribution is 2.21. The van der Waals surface area contributed by atoms with E-state index in [0.29, 0.717) is 31.5 Å². The maximum atomic E-state index is 12.6. The number of thiazole rings is 1. The molecule has 0 aliphatic heterocycles. The van der Waals surface area contributed by atoms with Crippen LogP contribution in [0.5, 0.6) is 0 Å². The van der Waals surface area contributed by atoms with Gasteiger partial charge in [0, 0.05) is 16.7 Å². The molecule has 26 heavy (non-hydrogen) atoms. The van der Waals surface area contributed by atoms with Crippen LogP contribution in [0.1, 0.15) is 5.56 Å². The summed E-state index contributed by atoms with van der Waals surface area (Å²) in [7, 11) is 0. The molecule has 2 aromatic heterocycles. The third kappa shape index (κ3) is 2.85. The highest BCUT2D eigenvalue weighted by atomic mass is 35.5. The van der Waals surface area contributed by atoms with Crippen LogP contribution in [0.25, 0.3) is 22.4 Å². The van der Waals surface area contributed by atoms with E-state index in [0.717, 1.165) is 11.3 Å². The number of aromatic nitrogens is 3. The first-order valence-electron chi connectivity index (χ1n) is 7.43. The van der Waals surface area contributed by atoms with Crippen LogP contribution in [0.15, 0.2) is 53.3 Å². The maximum absolute atomic E-state index is 12.6. The van der Waals surface area contributed by atoms with Crippen LogP contribution in [-0.2, 0) is 0 Å². The molecule has 0 radical (unpaired) electrons. The summed E-state index contributed by atoms with van der Waals surface area (Å²) >= 11 is 7.10. The Hall–Kier alpha value is -3.10. The molecular weight excluding hydrogens is 376 g/mol. The number of rotatable bonds is 3. The molecule has 0 spiro atoms. The molecule has 2 heterocycles. The lowest BCUT2D eigenvalue weighted by molar-refractivity contribution is -0.385. The van der Waals surface area contributed by atoms with Crippen molar-refractivity contribution < 1.29 is 4.92 Å². The summed E-state index contributed by atoms with van der Waals surface area (Å²) in [4.78, 5) is 28.0. The summed E-state index contributed by atoms with van der Waals surface area (Å²) in [5.41, 5.74) is 0.626. The van der Waals surface area contributed by atoms with Crippen molar-refractivity contribution in [2.45, 2.75) is 0 Å². The molecule has 4 rings (SSSR count). The van der Waals surface area contributed by atoms with Gasteiger partial charge in [0.1, 0.15) is 0 Å². The Balaban J connectivity index is 1.85. The molecule has 0 unspecified atom stereocenters. The lowest BCUT2D eigenvalue weighted by Gasteiger charge is -1.95. The van der Waals surface area contributed by atoms with Crippen molar-refractivity contribution in [1.82, 2.24) is 14.6 Å². The molecular formula is C17H9ClN4O3S. The first kappa shape index (κ1) is 16.4. The molecule has 9 heteroatoms. The van der Waals surface area contributed by atoms with Gasteiger partial charge < -0.3 is 0 Å². The van der Waals surface area contributed by atoms with Crippen LogP contribution >= 0.6 is 22.9 Å². The minimum Gasteiger partial charge on any atom is -0.266 e. The molecule has 0 fully saturated rings. The predicted octanol–water partition coefficient (Wildman–Crippen LogP) is 2.93. The maximum Gasteiger partial charge on any atom is 0.291 e. The zero-order valence-electron chi connectivity index (χ0n) is 13.0. The van der Waals surface area contributed by atoms with Gasteiger partial charge in [-0.25, -0.2) is 0 Å². The molecule has 0 saturated heterocycles. The number of benzene rings is 2. The van der Waals surface area contributed by atoms with Gasteiger partial charge in [0.15, 0.2) is 5.82 Å². The van der Waals surface area contributed by atoms with Crippen molar-refractivity contribution in [2.24, 2.45) is 0 Å². The van der Waals surface area contributed by atoms with Gasteiger partial charge in [-0.3, -0.25) is 14.9 Å². The van der Waals surface area contributed by atoms with Crippen LogP contribution in [-0.4, -0.2) is 19.5 Å². The van der Waals surface area contributed by atoms with E-state index >= 15 is 0 Å². The Bertz CT molecular complexity index is 1260. The van der Waals surface area contributed by atoms with Crippen LogP contribution in [0.4, 0.5) is 5.69 Å². The predicted molar refractivity (Wildman–Crippen MR) is 99.5 cm³/mol. The summed E-state index contributed by atoms with van der Waals surface area (Å²) in [6, 6.07) is 13.3. The third-order valence-corrected chi connectivity index (χ3v) is 4.88. The minimum atomic E-state index is -0.482. The van der Waals surface area contributed by atoms with Crippen LogP contribution < -0.4 is 10.1 Å². The first-order valence-corrected chi connectivity index (χ1v) is 8.63. The molecule has 7 nitrogen and oxygen atoms in total. The fourth-order valence-electron chi connectivity index (χ4n) is 2.50. The number of nitro benzene ring substituents is 1. The molecule has 0 aliphatic rings. The van der Waals surface area contributed by atoms with E-state index < -0.39 is 4.92 Å². The number of para-hydroxylation sites is 1. The molecule has 4 aromatic rings. The molecule has 0 saturated carbocycles. The Labute approximate surface area is 155 Å². The lowest BCUT2D eigenvalue weighted by atomic mass is 10.2. The Morgan fingerprint density at radius 1 is 1.19 bits per heavy atom. The monoisotopic (exact) mass is 384 g/mol. The van der Waals surface area contributed by atoms with Crippen molar-refractivity contribution in [3.63, 3.8) is 0 Å². The molecule has 0 bridgehead atoms. The highest BCUT2D eigenvalue weighted by molar-refractivity contribution is 7.15. The SMILES string of the molecule is O=c1/c(=C\c2ccccc2[N+](=O)[O-])sc2nc(-c3cccc(Cl)c3)nn12. The van der Waals surface area contributed by atoms with Gasteiger partial charge in [0.25, 0.3) is 11.2 Å². The van der Waals surface area contributed by atoms with Crippen LogP contribution in [0, 0.1) is 10.1 Å². The number of hydrogen-bond donors (Lipinski definition) is 0. The van der Waals surface area contributed by atoms with Gasteiger partial charge >= 0.3 is 0 Å². The second-order valence-corrected chi connectivity index (χ2v) is 6.82. The van der Waals surface area contributed by atoms with Crippen molar-refractivity contribution >= 4 is 39.7 Å². The van der Waals surface area contributed by atoms with Crippen molar-refractivity contribution in [3.8, 4) is 11.4 Å². The second-order valence-electron chi connectivity index (χ2n) is 5.37. The molecule has 0 amide bonds. The Kier molecular flexibility index (Phi) is 3.98. The number of hydrogen-bond acceptors (Lipinski definition) is 6. The summed E-state index contributed by atoms with van der Waals surface area (Å²) in [5.74, 6) is 0.396. The van der Waals surface area contributed by atoms with Crippen LogP contribution in [0.2, 0.25) is 5.02 Å². The van der Waals surface area contributed by atoms with Crippen molar-refractivity contribution in [2.75, 3.05) is 0 Å². The van der Waals surface area contributed by atoms with E-state index in [1.807, 2.05) is 0 Å². The number of fused-ring (bicyclic) bond motifs is 1. The zero-order chi connectivity index (χ0) is 18.3. The van der Waals surface area contributed by atoms with Crippen molar-refractivity contribution in [3.05, 3.63) is 84.1 Å². The average Bonchev–Trinajstić information content (AvgIpc) is 3.15. The molecule has 0 N–H and O–H groups in total. The van der Waals surface area contributed by atoms with Crippen LogP contribution in [0.3, 0.4) is 0 Å². The number of halogens is 1. The first-order chi connectivity index (χ1) is 12.5. The smallest absolute Gasteiger partial charge is 0.266 e. The number of nitro groups is 1. The van der Waals surface area contributed by atoms with E-state index in [-0.39, 0.29) is 11.2 Å². The van der Waals surface area contributed by atoms with Crippen molar-refractivity contribution in [1.29, 1.82) is 0 Å². The molecule has 0 atom stereocenters. The van der Waals surface area contributed by atoms with Gasteiger partial charge in [-0.2, -0.15) is 9.50 Å². The van der Waals surface area contributed by atoms with Gasteiger partial charge in [0.05, 0.1) is 15.0 Å². The molecule has 2 aromatic carbocycles. The fourth-order valence-corrected chi connectivity index (χ4v) is 3.59. The summed E-state index contributed by atoms with van der Waals surface area (Å²) in [6.07, 6.45) is 1.49. The quantitative estimate of drug-likeness (QED) is 0.400.